The van der Waals surface area contributed by atoms with E-state index in [9.17, 15) is 9.59 Å². The summed E-state index contributed by atoms with van der Waals surface area (Å²) in [5.41, 5.74) is 0. The van der Waals surface area contributed by atoms with E-state index < -0.39 is 5.92 Å². The number of hydrogen-bond acceptors (Lipinski definition) is 2. The van der Waals surface area contributed by atoms with Crippen LogP contribution < -0.4 is 0 Å². The van der Waals surface area contributed by atoms with Crippen molar-refractivity contribution in [2.45, 2.75) is 136 Å². The first-order valence-electron chi connectivity index (χ1n) is 13.1. The second kappa shape index (κ2) is 24.1. The van der Waals surface area contributed by atoms with Gasteiger partial charge in [0, 0.05) is 0 Å². The molecule has 0 N–H and O–H groups in total. The quantitative estimate of drug-likeness (QED) is 0.0545. The van der Waals surface area contributed by atoms with E-state index in [0.717, 1.165) is 38.4 Å². The summed E-state index contributed by atoms with van der Waals surface area (Å²) < 4.78 is 0. The van der Waals surface area contributed by atoms with Crippen LogP contribution in [0.2, 0.25) is 0 Å². The molecule has 0 heterocycles. The molecule has 0 aromatic rings. The Morgan fingerprint density at radius 1 is 0.600 bits per heavy atom. The van der Waals surface area contributed by atoms with Gasteiger partial charge in [-0.15, -0.1) is 0 Å². The van der Waals surface area contributed by atoms with Gasteiger partial charge in [-0.25, -0.2) is 0 Å². The zero-order chi connectivity index (χ0) is 22.1. The molecule has 2 heteroatoms. The molecule has 0 aliphatic heterocycles. The normalized spacial score (nSPS) is 12.7. The largest absolute Gasteiger partial charge is 0.303 e. The Kier molecular flexibility index (Phi) is 23.1. The highest BCUT2D eigenvalue weighted by Crippen LogP contribution is 2.14. The van der Waals surface area contributed by atoms with Gasteiger partial charge in [0.15, 0.2) is 5.78 Å². The molecule has 1 atom stereocenters. The van der Waals surface area contributed by atoms with E-state index in [4.69, 9.17) is 0 Å². The Hall–Kier alpha value is -1.18. The topological polar surface area (TPSA) is 34.1 Å². The Balaban J connectivity index is 3.63. The van der Waals surface area contributed by atoms with E-state index in [0.29, 0.717) is 6.42 Å². The van der Waals surface area contributed by atoms with Crippen LogP contribution in [0.5, 0.6) is 0 Å². The molecule has 0 bridgehead atoms. The molecule has 0 spiro atoms. The molecule has 0 aliphatic carbocycles. The van der Waals surface area contributed by atoms with Crippen molar-refractivity contribution >= 4 is 12.1 Å². The monoisotopic (exact) mass is 418 g/mol. The summed E-state index contributed by atoms with van der Waals surface area (Å²) >= 11 is 0. The second-order valence-corrected chi connectivity index (χ2v) is 8.77. The lowest BCUT2D eigenvalue weighted by molar-refractivity contribution is -0.124. The van der Waals surface area contributed by atoms with Crippen molar-refractivity contribution in [2.75, 3.05) is 0 Å². The average Bonchev–Trinajstić information content (AvgIpc) is 2.75. The van der Waals surface area contributed by atoms with Crippen molar-refractivity contribution in [1.29, 1.82) is 0 Å². The predicted octanol–water partition coefficient (Wildman–Crippen LogP) is 8.93. The number of ketones is 1. The maximum absolute atomic E-state index is 12.2. The number of rotatable bonds is 23. The highest BCUT2D eigenvalue weighted by Gasteiger charge is 2.13. The highest BCUT2D eigenvalue weighted by molar-refractivity contribution is 6.00. The summed E-state index contributed by atoms with van der Waals surface area (Å²) in [4.78, 5) is 23.5. The van der Waals surface area contributed by atoms with Crippen LogP contribution in [0.25, 0.3) is 0 Å². The van der Waals surface area contributed by atoms with E-state index in [1.165, 1.54) is 83.5 Å². The first kappa shape index (κ1) is 28.8. The van der Waals surface area contributed by atoms with Crippen molar-refractivity contribution in [3.05, 3.63) is 24.3 Å². The van der Waals surface area contributed by atoms with E-state index in [-0.39, 0.29) is 5.78 Å². The van der Waals surface area contributed by atoms with Crippen molar-refractivity contribution in [3.8, 4) is 0 Å². The Labute approximate surface area is 188 Å². The van der Waals surface area contributed by atoms with Gasteiger partial charge in [-0.2, -0.15) is 0 Å². The molecule has 0 saturated heterocycles. The van der Waals surface area contributed by atoms with Crippen LogP contribution in [0.15, 0.2) is 24.3 Å². The molecule has 0 saturated carbocycles. The van der Waals surface area contributed by atoms with Gasteiger partial charge in [-0.05, 0) is 44.6 Å². The summed E-state index contributed by atoms with van der Waals surface area (Å²) in [7, 11) is 0. The van der Waals surface area contributed by atoms with Gasteiger partial charge in [0.05, 0.1) is 5.92 Å². The van der Waals surface area contributed by atoms with Gasteiger partial charge >= 0.3 is 0 Å². The lowest BCUT2D eigenvalue weighted by Gasteiger charge is -2.06. The SMILES string of the molecule is CCCC/C=C\CCCCCCC(C=O)C(=O)C=CCCCCCCCCCCC. The lowest BCUT2D eigenvalue weighted by Crippen LogP contribution is -2.13. The van der Waals surface area contributed by atoms with Gasteiger partial charge in [0.2, 0.25) is 0 Å². The van der Waals surface area contributed by atoms with Gasteiger partial charge in [-0.3, -0.25) is 4.79 Å². The molecule has 30 heavy (non-hydrogen) atoms. The minimum Gasteiger partial charge on any atom is -0.303 e. The second-order valence-electron chi connectivity index (χ2n) is 8.77. The molecule has 174 valence electrons. The Morgan fingerprint density at radius 3 is 1.63 bits per heavy atom. The third kappa shape index (κ3) is 20.1. The molecule has 0 amide bonds. The smallest absolute Gasteiger partial charge is 0.165 e. The summed E-state index contributed by atoms with van der Waals surface area (Å²) in [6.45, 7) is 4.48. The molecule has 1 unspecified atom stereocenters. The number of carbonyl (C=O) groups excluding carboxylic acids is 2. The standard InChI is InChI=1S/C28H50O2/c1-3-5-7-9-11-13-15-17-19-21-23-25-28(30)27(26-29)24-22-20-18-16-14-12-10-8-6-4-2/h10,12,23,25-27H,3-9,11,13-22,24H2,1-2H3/b12-10-,25-23?. The third-order valence-corrected chi connectivity index (χ3v) is 5.81. The average molecular weight is 419 g/mol. The molecular formula is C28H50O2. The molecule has 2 nitrogen and oxygen atoms in total. The minimum absolute atomic E-state index is 0.000202. The molecule has 0 aromatic carbocycles. The maximum atomic E-state index is 12.2. The maximum Gasteiger partial charge on any atom is 0.165 e. The van der Waals surface area contributed by atoms with Crippen LogP contribution in [0.1, 0.15) is 136 Å². The fourth-order valence-electron chi connectivity index (χ4n) is 3.71. The molecule has 0 aliphatic rings. The molecule has 0 rings (SSSR count). The summed E-state index contributed by atoms with van der Waals surface area (Å²) in [5.74, 6) is -0.432. The lowest BCUT2D eigenvalue weighted by atomic mass is 9.97. The fourth-order valence-corrected chi connectivity index (χ4v) is 3.71. The third-order valence-electron chi connectivity index (χ3n) is 5.81. The van der Waals surface area contributed by atoms with Crippen LogP contribution in [-0.2, 0) is 9.59 Å². The number of aldehydes is 1. The van der Waals surface area contributed by atoms with Crippen LogP contribution >= 0.6 is 0 Å². The molecule has 0 aromatic heterocycles. The predicted molar refractivity (Wildman–Crippen MR) is 132 cm³/mol. The molecule has 0 fully saturated rings. The summed E-state index contributed by atoms with van der Waals surface area (Å²) in [6, 6.07) is 0. The number of unbranched alkanes of at least 4 members (excludes halogenated alkanes) is 15. The highest BCUT2D eigenvalue weighted by atomic mass is 16.1. The number of carbonyl (C=O) groups is 2. The van der Waals surface area contributed by atoms with Gasteiger partial charge in [0.25, 0.3) is 0 Å². The summed E-state index contributed by atoms with van der Waals surface area (Å²) in [5, 5.41) is 0. The van der Waals surface area contributed by atoms with Gasteiger partial charge < -0.3 is 4.79 Å². The van der Waals surface area contributed by atoms with Crippen LogP contribution in [0, 0.1) is 5.92 Å². The fraction of sp³-hybridized carbons (Fsp3) is 0.786. The van der Waals surface area contributed by atoms with E-state index in [2.05, 4.69) is 26.0 Å². The summed E-state index contributed by atoms with van der Waals surface area (Å²) in [6.07, 6.45) is 32.0. The number of hydrogen-bond donors (Lipinski definition) is 0. The molecular weight excluding hydrogens is 368 g/mol. The van der Waals surface area contributed by atoms with Gasteiger partial charge in [0.1, 0.15) is 6.29 Å². The van der Waals surface area contributed by atoms with Crippen molar-refractivity contribution < 1.29 is 9.59 Å². The Bertz CT molecular complexity index is 436. The van der Waals surface area contributed by atoms with Crippen molar-refractivity contribution in [2.24, 2.45) is 5.92 Å². The van der Waals surface area contributed by atoms with Crippen LogP contribution in [0.3, 0.4) is 0 Å². The van der Waals surface area contributed by atoms with E-state index >= 15 is 0 Å². The molecule has 0 radical (unpaired) electrons. The van der Waals surface area contributed by atoms with Crippen molar-refractivity contribution in [1.82, 2.24) is 0 Å². The zero-order valence-corrected chi connectivity index (χ0v) is 20.2. The van der Waals surface area contributed by atoms with Crippen molar-refractivity contribution in [3.63, 3.8) is 0 Å². The Morgan fingerprint density at radius 2 is 1.07 bits per heavy atom. The van der Waals surface area contributed by atoms with E-state index in [1.807, 2.05) is 6.08 Å². The van der Waals surface area contributed by atoms with Crippen LogP contribution in [-0.4, -0.2) is 12.1 Å². The first-order chi connectivity index (χ1) is 14.8. The van der Waals surface area contributed by atoms with Crippen LogP contribution in [0.4, 0.5) is 0 Å². The first-order valence-corrected chi connectivity index (χ1v) is 13.1. The van der Waals surface area contributed by atoms with E-state index in [1.54, 1.807) is 6.08 Å². The minimum atomic E-state index is -0.432. The number of allylic oxidation sites excluding steroid dienone is 4. The van der Waals surface area contributed by atoms with Gasteiger partial charge in [-0.1, -0.05) is 116 Å². The zero-order valence-electron chi connectivity index (χ0n) is 20.2.